The number of rotatable bonds is 1. The van der Waals surface area contributed by atoms with Gasteiger partial charge in [-0.05, 0) is 18.8 Å². The van der Waals surface area contributed by atoms with Gasteiger partial charge in [0.2, 0.25) is 0 Å². The molecule has 0 aromatic carbocycles. The van der Waals surface area contributed by atoms with Crippen molar-refractivity contribution in [2.24, 2.45) is 0 Å². The van der Waals surface area contributed by atoms with E-state index in [-0.39, 0.29) is 4.06 Å². The normalized spacial score (nSPS) is 19.7. The van der Waals surface area contributed by atoms with Gasteiger partial charge in [-0.25, -0.2) is 0 Å². The highest BCUT2D eigenvalue weighted by atomic mass is 32.2. The summed E-state index contributed by atoms with van der Waals surface area (Å²) in [5.41, 5.74) is 0. The van der Waals surface area contributed by atoms with Crippen LogP contribution < -0.4 is 4.06 Å². The Morgan fingerprint density at radius 1 is 1.25 bits per heavy atom. The van der Waals surface area contributed by atoms with Crippen LogP contribution in [0.2, 0.25) is 0 Å². The fourth-order valence-electron chi connectivity index (χ4n) is 1.82. The summed E-state index contributed by atoms with van der Waals surface area (Å²) in [6.45, 7) is 0. The Morgan fingerprint density at radius 3 is 2.58 bits per heavy atom. The van der Waals surface area contributed by atoms with Gasteiger partial charge in [0.1, 0.15) is 0 Å². The van der Waals surface area contributed by atoms with Crippen molar-refractivity contribution in [3.05, 3.63) is 19.1 Å². The van der Waals surface area contributed by atoms with E-state index in [0.717, 1.165) is 0 Å². The molecule has 1 fully saturated rings. The molecule has 0 aliphatic heterocycles. The molecule has 0 atom stereocenters. The van der Waals surface area contributed by atoms with Crippen LogP contribution in [0.15, 0.2) is 10.2 Å². The summed E-state index contributed by atoms with van der Waals surface area (Å²) in [6, 6.07) is 0. The van der Waals surface area contributed by atoms with Crippen LogP contribution in [-0.4, -0.2) is 0 Å². The molecule has 1 nitrogen and oxygen atoms in total. The van der Waals surface area contributed by atoms with Gasteiger partial charge >= 0.3 is 0 Å². The Balaban J connectivity index is 2.13. The maximum Gasteiger partial charge on any atom is 0.287 e. The summed E-state index contributed by atoms with van der Waals surface area (Å²) in [7, 11) is 0. The van der Waals surface area contributed by atoms with Crippen molar-refractivity contribution in [1.29, 1.82) is 0 Å². The van der Waals surface area contributed by atoms with Gasteiger partial charge in [-0.15, -0.1) is 0 Å². The molecule has 2 rings (SSSR count). The molecular weight excluding hydrogens is 188 g/mol. The van der Waals surface area contributed by atoms with E-state index in [4.69, 9.17) is 0 Å². The van der Waals surface area contributed by atoms with E-state index in [2.05, 4.69) is 5.38 Å². The highest BCUT2D eigenvalue weighted by Crippen LogP contribution is 2.34. The molecule has 1 aromatic heterocycles. The lowest BCUT2D eigenvalue weighted by molar-refractivity contribution is 0.448. The van der Waals surface area contributed by atoms with Crippen LogP contribution in [0.4, 0.5) is 0 Å². The van der Waals surface area contributed by atoms with Crippen LogP contribution >= 0.6 is 22.7 Å². The fraction of sp³-hybridized carbons (Fsp3) is 0.667. The molecule has 0 saturated heterocycles. The molecule has 3 heteroatoms. The third-order valence-electron chi connectivity index (χ3n) is 2.48. The molecule has 0 N–H and O–H groups in total. The zero-order valence-electron chi connectivity index (χ0n) is 6.91. The Morgan fingerprint density at radius 2 is 2.00 bits per heavy atom. The van der Waals surface area contributed by atoms with Crippen molar-refractivity contribution < 1.29 is 0 Å². The number of hydrogen-bond acceptors (Lipinski definition) is 3. The quantitative estimate of drug-likeness (QED) is 0.680. The summed E-state index contributed by atoms with van der Waals surface area (Å²) >= 11 is 2.82. The van der Waals surface area contributed by atoms with E-state index in [1.54, 1.807) is 0 Å². The zero-order valence-corrected chi connectivity index (χ0v) is 8.55. The Bertz CT molecular complexity index is 293. The van der Waals surface area contributed by atoms with Crippen LogP contribution in [0.1, 0.15) is 42.9 Å². The minimum Gasteiger partial charge on any atom is -0.265 e. The Labute approximate surface area is 80.1 Å². The molecule has 0 radical (unpaired) electrons. The predicted molar refractivity (Wildman–Crippen MR) is 54.3 cm³/mol. The fourth-order valence-corrected chi connectivity index (χ4v) is 3.78. The summed E-state index contributed by atoms with van der Waals surface area (Å²) in [4.78, 5) is 12.3. The molecule has 0 bridgehead atoms. The van der Waals surface area contributed by atoms with Crippen LogP contribution in [0.3, 0.4) is 0 Å². The first-order chi connectivity index (χ1) is 5.86. The van der Waals surface area contributed by atoms with Crippen molar-refractivity contribution >= 4 is 22.7 Å². The Hall–Kier alpha value is -0.150. The third-order valence-corrected chi connectivity index (χ3v) is 4.59. The van der Waals surface area contributed by atoms with E-state index in [1.165, 1.54) is 59.7 Å². The van der Waals surface area contributed by atoms with Crippen molar-refractivity contribution in [2.75, 3.05) is 0 Å². The molecular formula is C9H12OS2. The van der Waals surface area contributed by atoms with Gasteiger partial charge < -0.3 is 0 Å². The van der Waals surface area contributed by atoms with Crippen LogP contribution in [0.5, 0.6) is 0 Å². The molecule has 1 aliphatic carbocycles. The van der Waals surface area contributed by atoms with Gasteiger partial charge in [0.25, 0.3) is 4.06 Å². The van der Waals surface area contributed by atoms with E-state index in [0.29, 0.717) is 5.92 Å². The minimum atomic E-state index is 0.260. The zero-order chi connectivity index (χ0) is 8.39. The standard InChI is InChI=1S/C9H12OS2/c10-9-11-6-8(12-9)7-4-2-1-3-5-7/h6-7H,1-5H2. The molecule has 0 amide bonds. The molecule has 1 aliphatic rings. The highest BCUT2D eigenvalue weighted by Gasteiger charge is 2.16. The second-order valence-corrected chi connectivity index (χ2v) is 5.47. The van der Waals surface area contributed by atoms with Gasteiger partial charge in [0.05, 0.1) is 0 Å². The maximum absolute atomic E-state index is 11.0. The second-order valence-electron chi connectivity index (χ2n) is 3.33. The van der Waals surface area contributed by atoms with Crippen molar-refractivity contribution in [3.63, 3.8) is 0 Å². The van der Waals surface area contributed by atoms with E-state index < -0.39 is 0 Å². The lowest BCUT2D eigenvalue weighted by Crippen LogP contribution is -2.02. The molecule has 0 unspecified atom stereocenters. The van der Waals surface area contributed by atoms with Crippen LogP contribution in [-0.2, 0) is 0 Å². The first kappa shape index (κ1) is 8.45. The second kappa shape index (κ2) is 3.71. The monoisotopic (exact) mass is 200 g/mol. The van der Waals surface area contributed by atoms with Gasteiger partial charge in [0.15, 0.2) is 0 Å². The summed E-state index contributed by atoms with van der Waals surface area (Å²) in [5, 5.41) is 2.06. The maximum atomic E-state index is 11.0. The largest absolute Gasteiger partial charge is 0.287 e. The topological polar surface area (TPSA) is 17.1 Å². The van der Waals surface area contributed by atoms with Crippen molar-refractivity contribution in [2.45, 2.75) is 38.0 Å². The average molecular weight is 200 g/mol. The van der Waals surface area contributed by atoms with Gasteiger partial charge in [-0.2, -0.15) is 0 Å². The lowest BCUT2D eigenvalue weighted by atomic mass is 9.89. The van der Waals surface area contributed by atoms with Crippen molar-refractivity contribution in [3.8, 4) is 0 Å². The van der Waals surface area contributed by atoms with Crippen molar-refractivity contribution in [1.82, 2.24) is 0 Å². The van der Waals surface area contributed by atoms with Gasteiger partial charge in [-0.3, -0.25) is 4.79 Å². The average Bonchev–Trinajstić information content (AvgIpc) is 2.54. The first-order valence-corrected chi connectivity index (χ1v) is 6.14. The first-order valence-electron chi connectivity index (χ1n) is 4.45. The SMILES string of the molecule is O=c1scc(C2CCCCC2)s1. The third kappa shape index (κ3) is 1.77. The molecule has 1 heterocycles. The molecule has 1 saturated carbocycles. The van der Waals surface area contributed by atoms with Crippen LogP contribution in [0.25, 0.3) is 0 Å². The van der Waals surface area contributed by atoms with Gasteiger partial charge in [-0.1, -0.05) is 41.9 Å². The van der Waals surface area contributed by atoms with Crippen LogP contribution in [0, 0.1) is 0 Å². The molecule has 66 valence electrons. The Kier molecular flexibility index (Phi) is 2.61. The smallest absolute Gasteiger partial charge is 0.265 e. The molecule has 1 aromatic rings. The molecule has 12 heavy (non-hydrogen) atoms. The van der Waals surface area contributed by atoms with Gasteiger partial charge in [0, 0.05) is 10.3 Å². The van der Waals surface area contributed by atoms with E-state index in [9.17, 15) is 4.79 Å². The predicted octanol–water partition coefficient (Wildman–Crippen LogP) is 3.22. The summed E-state index contributed by atoms with van der Waals surface area (Å²) in [5.74, 6) is 0.711. The lowest BCUT2D eigenvalue weighted by Gasteiger charge is -2.19. The summed E-state index contributed by atoms with van der Waals surface area (Å²) in [6.07, 6.45) is 6.68. The molecule has 0 spiro atoms. The highest BCUT2D eigenvalue weighted by molar-refractivity contribution is 7.26. The van der Waals surface area contributed by atoms with E-state index in [1.807, 2.05) is 0 Å². The number of hydrogen-bond donors (Lipinski definition) is 0. The minimum absolute atomic E-state index is 0.260. The van der Waals surface area contributed by atoms with E-state index >= 15 is 0 Å². The summed E-state index contributed by atoms with van der Waals surface area (Å²) < 4.78 is 0.260.